The van der Waals surface area contributed by atoms with Crippen molar-refractivity contribution in [1.29, 1.82) is 0 Å². The first-order valence-electron chi connectivity index (χ1n) is 15.1. The number of carbonyl (C=O) groups excluding carboxylic acids is 1. The van der Waals surface area contributed by atoms with Crippen molar-refractivity contribution in [1.82, 2.24) is 15.2 Å². The Kier molecular flexibility index (Phi) is 11.7. The lowest BCUT2D eigenvalue weighted by atomic mass is 9.87. The SMILES string of the molecule is CCOCCOCCOCCCCNC(=O)c1cc(F)c([C@@H]2c3[nH]c4ccccc4c3C[C@@H](C)N2CC(C)(C)F)c(F)c1. The van der Waals surface area contributed by atoms with Crippen molar-refractivity contribution >= 4 is 16.8 Å². The number of unbranched alkanes of at least 4 members (excludes halogenated alkanes) is 1. The molecule has 0 spiro atoms. The standard InChI is InChI=1S/C33H44F3N3O4/c1-5-41-14-15-43-17-16-42-13-9-8-12-37-32(40)23-19-26(34)29(27(35)20-23)31-30-25(24-10-6-7-11-28(24)38-30)18-22(2)39(31)21-33(3,4)36/h6-7,10-11,19-20,22,31,38H,5,8-9,12-18,21H2,1-4H3,(H,37,40)/t22-,31-/m1/s1. The molecule has 7 nitrogen and oxygen atoms in total. The molecule has 0 fully saturated rings. The number of hydrogen-bond donors (Lipinski definition) is 2. The predicted octanol–water partition coefficient (Wildman–Crippen LogP) is 6.11. The van der Waals surface area contributed by atoms with E-state index in [0.717, 1.165) is 28.6 Å². The molecule has 2 N–H and O–H groups in total. The minimum atomic E-state index is -1.59. The normalized spacial score (nSPS) is 17.4. The van der Waals surface area contributed by atoms with Crippen molar-refractivity contribution < 1.29 is 32.2 Å². The van der Waals surface area contributed by atoms with Crippen LogP contribution >= 0.6 is 0 Å². The Morgan fingerprint density at radius 2 is 1.67 bits per heavy atom. The molecule has 0 aliphatic carbocycles. The Morgan fingerprint density at radius 1 is 1.02 bits per heavy atom. The van der Waals surface area contributed by atoms with E-state index in [0.29, 0.717) is 71.1 Å². The zero-order valence-electron chi connectivity index (χ0n) is 25.6. The van der Waals surface area contributed by atoms with Gasteiger partial charge in [0.15, 0.2) is 0 Å². The zero-order chi connectivity index (χ0) is 31.0. The molecular weight excluding hydrogens is 559 g/mol. The van der Waals surface area contributed by atoms with Crippen LogP contribution in [0.2, 0.25) is 0 Å². The summed E-state index contributed by atoms with van der Waals surface area (Å²) in [5, 5.41) is 3.72. The molecule has 0 unspecified atom stereocenters. The van der Waals surface area contributed by atoms with Crippen molar-refractivity contribution in [3.05, 3.63) is 70.4 Å². The van der Waals surface area contributed by atoms with Gasteiger partial charge in [-0.25, -0.2) is 13.2 Å². The summed E-state index contributed by atoms with van der Waals surface area (Å²) in [4.78, 5) is 17.9. The van der Waals surface area contributed by atoms with Gasteiger partial charge in [0, 0.05) is 60.1 Å². The molecule has 1 aliphatic rings. The maximum atomic E-state index is 15.8. The van der Waals surface area contributed by atoms with E-state index in [4.69, 9.17) is 14.2 Å². The van der Waals surface area contributed by atoms with Gasteiger partial charge < -0.3 is 24.5 Å². The minimum absolute atomic E-state index is 0.0145. The molecule has 2 heterocycles. The van der Waals surface area contributed by atoms with Gasteiger partial charge in [-0.2, -0.15) is 0 Å². The van der Waals surface area contributed by atoms with E-state index < -0.39 is 29.3 Å². The topological polar surface area (TPSA) is 75.8 Å². The molecule has 0 bridgehead atoms. The van der Waals surface area contributed by atoms with Gasteiger partial charge in [-0.3, -0.25) is 9.69 Å². The lowest BCUT2D eigenvalue weighted by molar-refractivity contribution is 0.0163. The fourth-order valence-electron chi connectivity index (χ4n) is 5.69. The number of aromatic amines is 1. The highest BCUT2D eigenvalue weighted by Crippen LogP contribution is 2.43. The molecule has 236 valence electrons. The number of para-hydroxylation sites is 1. The van der Waals surface area contributed by atoms with Gasteiger partial charge in [0.05, 0.1) is 32.5 Å². The van der Waals surface area contributed by atoms with Crippen LogP contribution in [0.15, 0.2) is 36.4 Å². The molecule has 0 saturated carbocycles. The first-order valence-corrected chi connectivity index (χ1v) is 15.1. The summed E-state index contributed by atoms with van der Waals surface area (Å²) >= 11 is 0. The molecule has 1 aliphatic heterocycles. The van der Waals surface area contributed by atoms with Crippen LogP contribution in [-0.4, -0.2) is 80.2 Å². The van der Waals surface area contributed by atoms with Gasteiger partial charge in [0.25, 0.3) is 5.91 Å². The second kappa shape index (κ2) is 15.2. The van der Waals surface area contributed by atoms with Crippen LogP contribution in [0, 0.1) is 11.6 Å². The molecule has 2 aromatic carbocycles. The number of hydrogen-bond acceptors (Lipinski definition) is 5. The Morgan fingerprint density at radius 3 is 2.35 bits per heavy atom. The quantitative estimate of drug-likeness (QED) is 0.193. The number of nitrogens with zero attached hydrogens (tertiary/aromatic N) is 1. The Balaban J connectivity index is 1.41. The number of ether oxygens (including phenoxy) is 3. The monoisotopic (exact) mass is 603 g/mol. The van der Waals surface area contributed by atoms with Gasteiger partial charge in [-0.1, -0.05) is 18.2 Å². The summed E-state index contributed by atoms with van der Waals surface area (Å²) in [5.41, 5.74) is 0.596. The highest BCUT2D eigenvalue weighted by atomic mass is 19.1. The van der Waals surface area contributed by atoms with Crippen molar-refractivity contribution in [3.8, 4) is 0 Å². The second-order valence-electron chi connectivity index (χ2n) is 11.6. The lowest BCUT2D eigenvalue weighted by Crippen LogP contribution is -2.48. The predicted molar refractivity (Wildman–Crippen MR) is 161 cm³/mol. The van der Waals surface area contributed by atoms with Crippen molar-refractivity contribution in [3.63, 3.8) is 0 Å². The average Bonchev–Trinajstić information content (AvgIpc) is 3.32. The van der Waals surface area contributed by atoms with Crippen LogP contribution in [0.4, 0.5) is 13.2 Å². The molecule has 3 aromatic rings. The van der Waals surface area contributed by atoms with E-state index in [1.165, 1.54) is 13.8 Å². The van der Waals surface area contributed by atoms with E-state index in [-0.39, 0.29) is 23.7 Å². The van der Waals surface area contributed by atoms with Crippen molar-refractivity contribution in [2.24, 2.45) is 0 Å². The maximum absolute atomic E-state index is 15.8. The third-order valence-electron chi connectivity index (χ3n) is 7.64. The van der Waals surface area contributed by atoms with E-state index >= 15 is 8.78 Å². The van der Waals surface area contributed by atoms with Crippen LogP contribution in [0.25, 0.3) is 10.9 Å². The number of nitrogens with one attached hydrogen (secondary N) is 2. The van der Waals surface area contributed by atoms with Crippen LogP contribution in [0.3, 0.4) is 0 Å². The van der Waals surface area contributed by atoms with Gasteiger partial charge >= 0.3 is 0 Å². The summed E-state index contributed by atoms with van der Waals surface area (Å²) < 4.78 is 62.7. The largest absolute Gasteiger partial charge is 0.379 e. The van der Waals surface area contributed by atoms with Crippen LogP contribution in [0.5, 0.6) is 0 Å². The third-order valence-corrected chi connectivity index (χ3v) is 7.64. The third kappa shape index (κ3) is 8.59. The van der Waals surface area contributed by atoms with E-state index in [9.17, 15) is 9.18 Å². The summed E-state index contributed by atoms with van der Waals surface area (Å²) in [7, 11) is 0. The number of amides is 1. The molecule has 0 saturated heterocycles. The Labute approximate surface area is 252 Å². The van der Waals surface area contributed by atoms with Gasteiger partial charge in [0.2, 0.25) is 0 Å². The number of aromatic nitrogens is 1. The van der Waals surface area contributed by atoms with Gasteiger partial charge in [-0.05, 0) is 70.7 Å². The fraction of sp³-hybridized carbons (Fsp3) is 0.545. The fourth-order valence-corrected chi connectivity index (χ4v) is 5.69. The van der Waals surface area contributed by atoms with E-state index in [1.807, 2.05) is 43.0 Å². The molecule has 2 atom stereocenters. The van der Waals surface area contributed by atoms with E-state index in [1.54, 1.807) is 0 Å². The number of H-pyrrole nitrogens is 1. The zero-order valence-corrected chi connectivity index (χ0v) is 25.6. The number of carbonyl (C=O) groups is 1. The van der Waals surface area contributed by atoms with Crippen LogP contribution in [-0.2, 0) is 20.6 Å². The van der Waals surface area contributed by atoms with Gasteiger partial charge in [-0.15, -0.1) is 0 Å². The molecule has 4 rings (SSSR count). The number of rotatable bonds is 16. The number of fused-ring (bicyclic) bond motifs is 3. The second-order valence-corrected chi connectivity index (χ2v) is 11.6. The number of alkyl halides is 1. The van der Waals surface area contributed by atoms with Crippen molar-refractivity contribution in [2.75, 3.05) is 52.7 Å². The highest BCUT2D eigenvalue weighted by molar-refractivity contribution is 5.94. The van der Waals surface area contributed by atoms with Crippen LogP contribution in [0.1, 0.15) is 73.8 Å². The first kappa shape index (κ1) is 33.0. The van der Waals surface area contributed by atoms with Crippen molar-refractivity contribution in [2.45, 2.75) is 64.7 Å². The maximum Gasteiger partial charge on any atom is 0.251 e. The summed E-state index contributed by atoms with van der Waals surface area (Å²) in [6.45, 7) is 10.4. The summed E-state index contributed by atoms with van der Waals surface area (Å²) in [6, 6.07) is 8.81. The number of halogens is 3. The summed E-state index contributed by atoms with van der Waals surface area (Å²) in [6.07, 6.45) is 1.98. The minimum Gasteiger partial charge on any atom is -0.379 e. The number of benzene rings is 2. The highest BCUT2D eigenvalue weighted by Gasteiger charge is 2.41. The first-order chi connectivity index (χ1) is 20.6. The molecule has 1 aromatic heterocycles. The van der Waals surface area contributed by atoms with Gasteiger partial charge in [0.1, 0.15) is 17.3 Å². The lowest BCUT2D eigenvalue weighted by Gasteiger charge is -2.43. The van der Waals surface area contributed by atoms with Crippen LogP contribution < -0.4 is 5.32 Å². The molecular formula is C33H44F3N3O4. The Bertz CT molecular complexity index is 1330. The smallest absolute Gasteiger partial charge is 0.251 e. The average molecular weight is 604 g/mol. The molecule has 10 heteroatoms. The molecule has 43 heavy (non-hydrogen) atoms. The molecule has 0 radical (unpaired) electrons. The molecule has 1 amide bonds. The van der Waals surface area contributed by atoms with E-state index in [2.05, 4.69) is 10.3 Å². The summed E-state index contributed by atoms with van der Waals surface area (Å²) in [5.74, 6) is -2.24. The Hall–Kier alpha value is -2.92.